The van der Waals surface area contributed by atoms with Gasteiger partial charge in [-0.25, -0.2) is 4.98 Å². The van der Waals surface area contributed by atoms with E-state index in [-0.39, 0.29) is 38.0 Å². The Morgan fingerprint density at radius 3 is 2.96 bits per heavy atom. The summed E-state index contributed by atoms with van der Waals surface area (Å²) in [5, 5.41) is 12.5. The molecule has 1 aliphatic heterocycles. The van der Waals surface area contributed by atoms with Crippen LogP contribution in [0.4, 0.5) is 11.6 Å². The molecule has 0 unspecified atom stereocenters. The van der Waals surface area contributed by atoms with Crippen LogP contribution < -0.4 is 28.9 Å². The summed E-state index contributed by atoms with van der Waals surface area (Å²) in [6.07, 6.45) is 7.45. The van der Waals surface area contributed by atoms with E-state index in [4.69, 9.17) is 9.47 Å². The smallest absolute Gasteiger partial charge is 0.878 e. The van der Waals surface area contributed by atoms with Gasteiger partial charge in [-0.3, -0.25) is 4.98 Å². The molecule has 0 aliphatic carbocycles. The van der Waals surface area contributed by atoms with E-state index in [1.165, 1.54) is 0 Å². The Bertz CT molecular complexity index is 787. The molecule has 3 rings (SSSR count). The van der Waals surface area contributed by atoms with Gasteiger partial charge in [0.2, 0.25) is 0 Å². The summed E-state index contributed by atoms with van der Waals surface area (Å²) in [4.78, 5) is 12.8. The molecule has 2 aromatic rings. The molecule has 0 saturated heterocycles. The second-order valence-electron chi connectivity index (χ2n) is 5.10. The molecule has 0 radical (unpaired) electrons. The zero-order chi connectivity index (χ0) is 16.9. The predicted molar refractivity (Wildman–Crippen MR) is 105 cm³/mol. The Morgan fingerprint density at radius 1 is 1.38 bits per heavy atom. The van der Waals surface area contributed by atoms with Crippen molar-refractivity contribution < 1.29 is 28.3 Å². The fraction of sp³-hybridized carbons (Fsp3) is 0.235. The van der Waals surface area contributed by atoms with Crippen LogP contribution in [0.25, 0.3) is 11.0 Å². The molecule has 1 N–H and O–H groups in total. The normalized spacial score (nSPS) is 16.1. The minimum absolute atomic E-state index is 0. The van der Waals surface area contributed by atoms with Crippen LogP contribution in [0.3, 0.4) is 0 Å². The Labute approximate surface area is 178 Å². The molecule has 3 heterocycles. The maximum atomic E-state index is 9.37. The Morgan fingerprint density at radius 2 is 2.19 bits per heavy atom. The van der Waals surface area contributed by atoms with Crippen LogP contribution >= 0.6 is 22.6 Å². The molecule has 132 valence electrons. The summed E-state index contributed by atoms with van der Waals surface area (Å²) in [6, 6.07) is 3.53. The molecule has 26 heavy (non-hydrogen) atoms. The molecule has 1 aliphatic rings. The first-order valence-electron chi connectivity index (χ1n) is 7.30. The second kappa shape index (κ2) is 10.5. The number of halogens is 1. The number of pyridine rings is 1. The van der Waals surface area contributed by atoms with Gasteiger partial charge in [-0.1, -0.05) is 0 Å². The van der Waals surface area contributed by atoms with Gasteiger partial charge in [0.15, 0.2) is 0 Å². The first-order valence-corrected chi connectivity index (χ1v) is 8.38. The van der Waals surface area contributed by atoms with Gasteiger partial charge < -0.3 is 38.8 Å². The number of fused-ring (bicyclic) bond motifs is 4. The Hall–Kier alpha value is -1.63. The van der Waals surface area contributed by atoms with Crippen LogP contribution in [-0.4, -0.2) is 33.9 Å². The van der Waals surface area contributed by atoms with Gasteiger partial charge in [0, 0.05) is 37.0 Å². The predicted octanol–water partition coefficient (Wildman–Crippen LogP) is 0.646. The van der Waals surface area contributed by atoms with Crippen LogP contribution in [0.15, 0.2) is 24.5 Å². The van der Waals surface area contributed by atoms with Gasteiger partial charge >= 0.3 is 18.9 Å². The van der Waals surface area contributed by atoms with E-state index in [1.54, 1.807) is 18.5 Å². The topological polar surface area (TPSA) is 91.5 Å². The number of nitrogens with zero attached hydrogens (tertiary/aromatic N) is 4. The third-order valence-electron chi connectivity index (χ3n) is 3.24. The summed E-state index contributed by atoms with van der Waals surface area (Å²) < 4.78 is 12.2. The van der Waals surface area contributed by atoms with Gasteiger partial charge in [-0.2, -0.15) is 0 Å². The summed E-state index contributed by atoms with van der Waals surface area (Å²) >= 11 is 2.18. The van der Waals surface area contributed by atoms with E-state index >= 15 is 0 Å². The largest absolute Gasteiger partial charge is 1.00 e. The van der Waals surface area contributed by atoms with E-state index in [1.807, 2.05) is 13.0 Å². The molecule has 0 amide bonds. The van der Waals surface area contributed by atoms with E-state index in [9.17, 15) is 5.41 Å². The number of ether oxygens (including phenoxy) is 2. The molecule has 2 aromatic heterocycles. The number of aromatic nitrogens is 3. The first kappa shape index (κ1) is 22.4. The second-order valence-corrected chi connectivity index (χ2v) is 6.26. The molecule has 0 aromatic carbocycles. The van der Waals surface area contributed by atoms with Gasteiger partial charge in [-0.05, 0) is 35.6 Å². The number of hydrogen-bond donors (Lipinski definition) is 1. The first-order chi connectivity index (χ1) is 11.7. The minimum Gasteiger partial charge on any atom is -0.878 e. The van der Waals surface area contributed by atoms with Gasteiger partial charge in [0.25, 0.3) is 0 Å². The number of hydrogen-bond acceptors (Lipinski definition) is 6. The minimum atomic E-state index is -0.0471. The maximum Gasteiger partial charge on any atom is 1.00 e. The van der Waals surface area contributed by atoms with Gasteiger partial charge in [-0.15, -0.1) is 5.57 Å². The fourth-order valence-electron chi connectivity index (χ4n) is 2.03. The van der Waals surface area contributed by atoms with Crippen LogP contribution in [0.2, 0.25) is 0 Å². The van der Waals surface area contributed by atoms with Crippen LogP contribution in [0.1, 0.15) is 19.2 Å². The van der Waals surface area contributed by atoms with Crippen molar-refractivity contribution in [3.63, 3.8) is 0 Å². The van der Waals surface area contributed by atoms with Crippen molar-refractivity contribution >= 4 is 46.0 Å². The van der Waals surface area contributed by atoms with Crippen LogP contribution in [-0.2, 0) is 4.74 Å². The molecular weight excluding hydrogens is 440 g/mol. The molecule has 1 atom stereocenters. The van der Waals surface area contributed by atoms with Gasteiger partial charge in [0.1, 0.15) is 17.4 Å². The number of allylic oxidation sites excluding steroid dienone is 1. The molecular formula is C17H17ILiN5O2-2. The van der Waals surface area contributed by atoms with Crippen molar-refractivity contribution in [2.24, 2.45) is 0 Å². The zero-order valence-corrected chi connectivity index (χ0v) is 17.0. The molecule has 0 saturated carbocycles. The molecule has 0 spiro atoms. The maximum absolute atomic E-state index is 9.37. The number of anilines is 2. The standard InChI is InChI=1S/C16H14IN5O2.CH3.Li/c1-10-3-5-23-9-11(7-18)16-19-4-2-14(22-16)21-15-6-13(24-10)12(17)8-20-15;;/h2,4,6-8,10H,3,5H2,1H3,(H,19,20,21,22);1H3;/q-2;-1;+1/t10-;;/m0../s1. The number of rotatable bonds is 1. The van der Waals surface area contributed by atoms with Crippen molar-refractivity contribution in [3.8, 4) is 5.75 Å². The number of nitrogens with one attached hydrogen (secondary N) is 1. The Kier molecular flexibility index (Phi) is 9.05. The van der Waals surface area contributed by atoms with Crippen molar-refractivity contribution in [1.82, 2.24) is 15.0 Å². The summed E-state index contributed by atoms with van der Waals surface area (Å²) in [5.74, 6) is 2.19. The SMILES string of the molecule is C[C@H]1CCO[C-]=C(C=[N-])c2nccc(n2)Nc2cc(c(I)cn2)O1.[CH3-].[Li+]. The third kappa shape index (κ3) is 5.69. The average Bonchev–Trinajstić information content (AvgIpc) is 2.57. The van der Waals surface area contributed by atoms with Crippen molar-refractivity contribution in [1.29, 1.82) is 0 Å². The summed E-state index contributed by atoms with van der Waals surface area (Å²) in [5.41, 5.74) is 0.264. The van der Waals surface area contributed by atoms with Crippen LogP contribution in [0, 0.1) is 17.3 Å². The van der Waals surface area contributed by atoms with E-state index < -0.39 is 0 Å². The van der Waals surface area contributed by atoms with Crippen molar-refractivity contribution in [2.75, 3.05) is 11.9 Å². The average molecular weight is 457 g/mol. The van der Waals surface area contributed by atoms with Crippen LogP contribution in [0.5, 0.6) is 5.75 Å². The van der Waals surface area contributed by atoms with Crippen molar-refractivity contribution in [3.05, 3.63) is 53.0 Å². The summed E-state index contributed by atoms with van der Waals surface area (Å²) in [6.45, 7) is 2.36. The molecule has 7 nitrogen and oxygen atoms in total. The quantitative estimate of drug-likeness (QED) is 0.293. The van der Waals surface area contributed by atoms with E-state index in [0.29, 0.717) is 30.5 Å². The monoisotopic (exact) mass is 457 g/mol. The molecule has 4 bridgehead atoms. The van der Waals surface area contributed by atoms with E-state index in [0.717, 1.165) is 15.5 Å². The zero-order valence-electron chi connectivity index (χ0n) is 14.9. The van der Waals surface area contributed by atoms with Crippen molar-refractivity contribution in [2.45, 2.75) is 19.4 Å². The molecule has 9 heteroatoms. The third-order valence-corrected chi connectivity index (χ3v) is 4.05. The van der Waals surface area contributed by atoms with E-state index in [2.05, 4.69) is 49.1 Å². The summed E-state index contributed by atoms with van der Waals surface area (Å²) in [7, 11) is 0. The van der Waals surface area contributed by atoms with Gasteiger partial charge in [0.05, 0.1) is 16.3 Å². The molecule has 0 fully saturated rings. The Balaban J connectivity index is 0.00000169. The fourth-order valence-corrected chi connectivity index (χ4v) is 2.45.